The Morgan fingerprint density at radius 1 is 1.00 bits per heavy atom. The summed E-state index contributed by atoms with van der Waals surface area (Å²) in [6.45, 7) is 3.53. The van der Waals surface area contributed by atoms with Gasteiger partial charge < -0.3 is 19.7 Å². The molecule has 0 spiro atoms. The summed E-state index contributed by atoms with van der Waals surface area (Å²) in [6, 6.07) is 17.6. The number of anilines is 2. The molecule has 32 heavy (non-hydrogen) atoms. The Labute approximate surface area is 188 Å². The van der Waals surface area contributed by atoms with Crippen LogP contribution in [-0.2, 0) is 4.79 Å². The minimum Gasteiger partial charge on any atom is -0.493 e. The van der Waals surface area contributed by atoms with Crippen LogP contribution in [0.15, 0.2) is 54.6 Å². The van der Waals surface area contributed by atoms with E-state index in [9.17, 15) is 4.79 Å². The molecule has 7 nitrogen and oxygen atoms in total. The van der Waals surface area contributed by atoms with Crippen molar-refractivity contribution in [3.8, 4) is 22.8 Å². The standard InChI is InChI=1S/C25H28N4O3/c1-17-6-8-18(9-7-17)21-11-13-24(28-27-21)29-14-4-5-19(16-29)25(30)26-20-10-12-22(31-2)23(15-20)32-3/h6-13,15,19H,4-5,14,16H2,1-3H3,(H,26,30)/t19-/m0/s1. The molecule has 0 unspecified atom stereocenters. The van der Waals surface area contributed by atoms with E-state index in [0.29, 0.717) is 23.7 Å². The van der Waals surface area contributed by atoms with E-state index in [-0.39, 0.29) is 11.8 Å². The number of ether oxygens (including phenoxy) is 2. The van der Waals surface area contributed by atoms with Gasteiger partial charge in [-0.2, -0.15) is 0 Å². The van der Waals surface area contributed by atoms with Gasteiger partial charge in [-0.15, -0.1) is 10.2 Å². The molecule has 166 valence electrons. The van der Waals surface area contributed by atoms with E-state index in [4.69, 9.17) is 9.47 Å². The van der Waals surface area contributed by atoms with Crippen molar-refractivity contribution < 1.29 is 14.3 Å². The average Bonchev–Trinajstić information content (AvgIpc) is 2.84. The van der Waals surface area contributed by atoms with Crippen molar-refractivity contribution in [2.45, 2.75) is 19.8 Å². The number of aryl methyl sites for hydroxylation is 1. The predicted octanol–water partition coefficient (Wildman–Crippen LogP) is 4.32. The molecular weight excluding hydrogens is 404 g/mol. The fourth-order valence-electron chi connectivity index (χ4n) is 3.93. The van der Waals surface area contributed by atoms with Gasteiger partial charge in [-0.25, -0.2) is 0 Å². The van der Waals surface area contributed by atoms with Gasteiger partial charge in [0, 0.05) is 30.4 Å². The number of hydrogen-bond donors (Lipinski definition) is 1. The molecule has 1 aromatic heterocycles. The SMILES string of the molecule is COc1ccc(NC(=O)[C@H]2CCCN(c3ccc(-c4ccc(C)cc4)nn3)C2)cc1OC. The summed E-state index contributed by atoms with van der Waals surface area (Å²) in [5.41, 5.74) is 3.78. The third-order valence-electron chi connectivity index (χ3n) is 5.77. The molecule has 0 saturated carbocycles. The molecule has 1 saturated heterocycles. The van der Waals surface area contributed by atoms with Crippen molar-refractivity contribution in [1.82, 2.24) is 10.2 Å². The number of piperidine rings is 1. The Morgan fingerprint density at radius 2 is 1.78 bits per heavy atom. The minimum atomic E-state index is -0.129. The summed E-state index contributed by atoms with van der Waals surface area (Å²) in [7, 11) is 3.16. The number of carbonyl (C=O) groups is 1. The lowest BCUT2D eigenvalue weighted by Crippen LogP contribution is -2.41. The third kappa shape index (κ3) is 4.82. The van der Waals surface area contributed by atoms with Crippen LogP contribution in [0.25, 0.3) is 11.3 Å². The maximum absolute atomic E-state index is 12.9. The largest absolute Gasteiger partial charge is 0.493 e. The van der Waals surface area contributed by atoms with E-state index < -0.39 is 0 Å². The van der Waals surface area contributed by atoms with Crippen LogP contribution in [0.5, 0.6) is 11.5 Å². The van der Waals surface area contributed by atoms with E-state index in [1.54, 1.807) is 26.4 Å². The second-order valence-corrected chi connectivity index (χ2v) is 7.99. The van der Waals surface area contributed by atoms with Gasteiger partial charge in [0.25, 0.3) is 0 Å². The van der Waals surface area contributed by atoms with Gasteiger partial charge >= 0.3 is 0 Å². The Balaban J connectivity index is 1.41. The van der Waals surface area contributed by atoms with Gasteiger partial charge in [-0.3, -0.25) is 4.79 Å². The number of methoxy groups -OCH3 is 2. The number of carbonyl (C=O) groups excluding carboxylic acids is 1. The lowest BCUT2D eigenvalue weighted by molar-refractivity contribution is -0.120. The first kappa shape index (κ1) is 21.6. The fraction of sp³-hybridized carbons (Fsp3) is 0.320. The molecule has 3 aromatic rings. The first-order valence-corrected chi connectivity index (χ1v) is 10.8. The highest BCUT2D eigenvalue weighted by molar-refractivity contribution is 5.93. The molecule has 2 aromatic carbocycles. The van der Waals surface area contributed by atoms with E-state index in [0.717, 1.165) is 36.5 Å². The van der Waals surface area contributed by atoms with Gasteiger partial charge in [0.15, 0.2) is 17.3 Å². The van der Waals surface area contributed by atoms with Crippen molar-refractivity contribution in [3.05, 3.63) is 60.2 Å². The van der Waals surface area contributed by atoms with Gasteiger partial charge in [-0.1, -0.05) is 29.8 Å². The molecule has 1 atom stereocenters. The van der Waals surface area contributed by atoms with Gasteiger partial charge in [-0.05, 0) is 44.0 Å². The minimum absolute atomic E-state index is 0.00819. The summed E-state index contributed by atoms with van der Waals surface area (Å²) < 4.78 is 10.6. The van der Waals surface area contributed by atoms with Crippen molar-refractivity contribution >= 4 is 17.4 Å². The zero-order chi connectivity index (χ0) is 22.5. The van der Waals surface area contributed by atoms with Crippen molar-refractivity contribution in [2.24, 2.45) is 5.92 Å². The number of nitrogens with one attached hydrogen (secondary N) is 1. The number of nitrogens with zero attached hydrogens (tertiary/aromatic N) is 3. The zero-order valence-corrected chi connectivity index (χ0v) is 18.7. The van der Waals surface area contributed by atoms with Crippen LogP contribution < -0.4 is 19.7 Å². The molecule has 0 bridgehead atoms. The van der Waals surface area contributed by atoms with E-state index in [2.05, 4.69) is 51.6 Å². The molecule has 4 rings (SSSR count). The Bertz CT molecular complexity index is 1070. The highest BCUT2D eigenvalue weighted by atomic mass is 16.5. The summed E-state index contributed by atoms with van der Waals surface area (Å²) in [6.07, 6.45) is 1.76. The molecule has 1 amide bonds. The second-order valence-electron chi connectivity index (χ2n) is 7.99. The van der Waals surface area contributed by atoms with Crippen molar-refractivity contribution in [1.29, 1.82) is 0 Å². The Hall–Kier alpha value is -3.61. The first-order chi connectivity index (χ1) is 15.6. The van der Waals surface area contributed by atoms with E-state index in [1.165, 1.54) is 5.56 Å². The van der Waals surface area contributed by atoms with Crippen LogP contribution in [0.1, 0.15) is 18.4 Å². The molecule has 1 aliphatic rings. The first-order valence-electron chi connectivity index (χ1n) is 10.8. The number of aromatic nitrogens is 2. The van der Waals surface area contributed by atoms with Gasteiger partial charge in [0.05, 0.1) is 25.8 Å². The Morgan fingerprint density at radius 3 is 2.47 bits per heavy atom. The van der Waals surface area contributed by atoms with E-state index >= 15 is 0 Å². The van der Waals surface area contributed by atoms with Crippen LogP contribution in [0.2, 0.25) is 0 Å². The average molecular weight is 433 g/mol. The van der Waals surface area contributed by atoms with Gasteiger partial charge in [0.1, 0.15) is 0 Å². The maximum Gasteiger partial charge on any atom is 0.229 e. The Kier molecular flexibility index (Phi) is 6.54. The van der Waals surface area contributed by atoms with Crippen LogP contribution >= 0.6 is 0 Å². The maximum atomic E-state index is 12.9. The molecule has 1 N–H and O–H groups in total. The number of hydrogen-bond acceptors (Lipinski definition) is 6. The third-order valence-corrected chi connectivity index (χ3v) is 5.77. The smallest absolute Gasteiger partial charge is 0.229 e. The number of benzene rings is 2. The zero-order valence-electron chi connectivity index (χ0n) is 18.7. The molecule has 1 fully saturated rings. The summed E-state index contributed by atoms with van der Waals surface area (Å²) in [5.74, 6) is 1.87. The summed E-state index contributed by atoms with van der Waals surface area (Å²) in [5, 5.41) is 11.9. The van der Waals surface area contributed by atoms with E-state index in [1.807, 2.05) is 18.2 Å². The molecule has 7 heteroatoms. The number of amides is 1. The lowest BCUT2D eigenvalue weighted by atomic mass is 9.97. The topological polar surface area (TPSA) is 76.6 Å². The molecular formula is C25H28N4O3. The van der Waals surface area contributed by atoms with Crippen LogP contribution in [0, 0.1) is 12.8 Å². The molecule has 0 aliphatic carbocycles. The summed E-state index contributed by atoms with van der Waals surface area (Å²) in [4.78, 5) is 15.1. The lowest BCUT2D eigenvalue weighted by Gasteiger charge is -2.32. The van der Waals surface area contributed by atoms with Crippen LogP contribution in [0.3, 0.4) is 0 Å². The quantitative estimate of drug-likeness (QED) is 0.625. The monoisotopic (exact) mass is 432 g/mol. The predicted molar refractivity (Wildman–Crippen MR) is 125 cm³/mol. The molecule has 2 heterocycles. The van der Waals surface area contributed by atoms with Crippen LogP contribution in [0.4, 0.5) is 11.5 Å². The second kappa shape index (κ2) is 9.68. The summed E-state index contributed by atoms with van der Waals surface area (Å²) >= 11 is 0. The normalized spacial score (nSPS) is 15.8. The molecule has 0 radical (unpaired) electrons. The fourth-order valence-corrected chi connectivity index (χ4v) is 3.93. The van der Waals surface area contributed by atoms with Crippen molar-refractivity contribution in [2.75, 3.05) is 37.5 Å². The highest BCUT2D eigenvalue weighted by Gasteiger charge is 2.27. The van der Waals surface area contributed by atoms with Crippen LogP contribution in [-0.4, -0.2) is 43.4 Å². The number of rotatable bonds is 6. The van der Waals surface area contributed by atoms with Gasteiger partial charge in [0.2, 0.25) is 5.91 Å². The highest BCUT2D eigenvalue weighted by Crippen LogP contribution is 2.30. The molecule has 1 aliphatic heterocycles. The van der Waals surface area contributed by atoms with Crippen molar-refractivity contribution in [3.63, 3.8) is 0 Å².